The molecule has 0 aliphatic carbocycles. The second kappa shape index (κ2) is 4.13. The first-order chi connectivity index (χ1) is 7.61. The van der Waals surface area contributed by atoms with Gasteiger partial charge in [0.1, 0.15) is 0 Å². The third-order valence-corrected chi connectivity index (χ3v) is 3.01. The van der Waals surface area contributed by atoms with Crippen LogP contribution in [-0.2, 0) is 0 Å². The van der Waals surface area contributed by atoms with Crippen molar-refractivity contribution in [3.05, 3.63) is 54.1 Å². The number of fused-ring (bicyclic) bond motifs is 1. The number of benzene rings is 2. The van der Waals surface area contributed by atoms with Gasteiger partial charge < -0.3 is 0 Å². The molecule has 16 heavy (non-hydrogen) atoms. The van der Waals surface area contributed by atoms with Crippen molar-refractivity contribution in [2.75, 3.05) is 0 Å². The van der Waals surface area contributed by atoms with Gasteiger partial charge in [-0.1, -0.05) is 62.4 Å². The zero-order valence-electron chi connectivity index (χ0n) is 10.2. The van der Waals surface area contributed by atoms with E-state index in [0.29, 0.717) is 5.92 Å². The summed E-state index contributed by atoms with van der Waals surface area (Å²) in [5.41, 5.74) is 3.87. The molecule has 0 heteroatoms. The lowest BCUT2D eigenvalue weighted by Gasteiger charge is -2.15. The highest BCUT2D eigenvalue weighted by molar-refractivity contribution is 5.94. The highest BCUT2D eigenvalue weighted by Crippen LogP contribution is 2.31. The summed E-state index contributed by atoms with van der Waals surface area (Å²) >= 11 is 0. The first-order valence-electron chi connectivity index (χ1n) is 5.78. The summed E-state index contributed by atoms with van der Waals surface area (Å²) in [6, 6.07) is 13.0. The molecule has 0 aromatic heterocycles. The summed E-state index contributed by atoms with van der Waals surface area (Å²) in [6.45, 7) is 10.7. The van der Waals surface area contributed by atoms with Crippen LogP contribution in [0.3, 0.4) is 0 Å². The number of hydrogen-bond acceptors (Lipinski definition) is 0. The van der Waals surface area contributed by atoms with Crippen molar-refractivity contribution in [3.8, 4) is 0 Å². The molecule has 0 atom stereocenters. The standard InChI is InChI=1S/C16H18/c1-11(2)14-10-9-13-7-5-6-8-15(13)16(14)12(3)4/h5-11H,3H2,1-2,4H3. The minimum atomic E-state index is 0.538. The zero-order valence-corrected chi connectivity index (χ0v) is 10.2. The van der Waals surface area contributed by atoms with Crippen LogP contribution in [-0.4, -0.2) is 0 Å². The third kappa shape index (κ3) is 1.76. The summed E-state index contributed by atoms with van der Waals surface area (Å²) < 4.78 is 0. The molecule has 82 valence electrons. The van der Waals surface area contributed by atoms with Crippen molar-refractivity contribution < 1.29 is 0 Å². The third-order valence-electron chi connectivity index (χ3n) is 3.01. The molecule has 2 rings (SSSR count). The molecule has 2 aromatic carbocycles. The molecule has 0 aliphatic rings. The average molecular weight is 210 g/mol. The van der Waals surface area contributed by atoms with Crippen LogP contribution in [0, 0.1) is 0 Å². The van der Waals surface area contributed by atoms with E-state index in [1.807, 2.05) is 0 Å². The van der Waals surface area contributed by atoms with Crippen molar-refractivity contribution in [2.24, 2.45) is 0 Å². The summed E-state index contributed by atoms with van der Waals surface area (Å²) in [5, 5.41) is 2.62. The number of rotatable bonds is 2. The van der Waals surface area contributed by atoms with E-state index in [9.17, 15) is 0 Å². The van der Waals surface area contributed by atoms with Crippen LogP contribution in [0.2, 0.25) is 0 Å². The van der Waals surface area contributed by atoms with Gasteiger partial charge >= 0.3 is 0 Å². The SMILES string of the molecule is C=C(C)c1c(C(C)C)ccc2ccccc12. The van der Waals surface area contributed by atoms with Gasteiger partial charge in [0, 0.05) is 0 Å². The topological polar surface area (TPSA) is 0 Å². The predicted octanol–water partition coefficient (Wildman–Crippen LogP) is 5.00. The average Bonchev–Trinajstić information content (AvgIpc) is 2.27. The summed E-state index contributed by atoms with van der Waals surface area (Å²) in [4.78, 5) is 0. The van der Waals surface area contributed by atoms with E-state index in [-0.39, 0.29) is 0 Å². The fourth-order valence-corrected chi connectivity index (χ4v) is 2.25. The monoisotopic (exact) mass is 210 g/mol. The Bertz CT molecular complexity index is 533. The molecule has 0 heterocycles. The maximum absolute atomic E-state index is 4.12. The Morgan fingerprint density at radius 2 is 1.75 bits per heavy atom. The van der Waals surface area contributed by atoms with E-state index in [0.717, 1.165) is 5.57 Å². The van der Waals surface area contributed by atoms with E-state index in [4.69, 9.17) is 0 Å². The molecule has 0 saturated heterocycles. The van der Waals surface area contributed by atoms with Crippen LogP contribution in [0.25, 0.3) is 16.3 Å². The van der Waals surface area contributed by atoms with Gasteiger partial charge in [0.2, 0.25) is 0 Å². The van der Waals surface area contributed by atoms with Crippen LogP contribution in [0.4, 0.5) is 0 Å². The molecular weight excluding hydrogens is 192 g/mol. The Morgan fingerprint density at radius 1 is 1.06 bits per heavy atom. The fraction of sp³-hybridized carbons (Fsp3) is 0.250. The lowest BCUT2D eigenvalue weighted by atomic mass is 9.89. The van der Waals surface area contributed by atoms with E-state index in [2.05, 4.69) is 63.7 Å². The van der Waals surface area contributed by atoms with Crippen LogP contribution >= 0.6 is 0 Å². The van der Waals surface area contributed by atoms with Crippen molar-refractivity contribution in [1.29, 1.82) is 0 Å². The number of allylic oxidation sites excluding steroid dienone is 1. The molecule has 0 radical (unpaired) electrons. The van der Waals surface area contributed by atoms with Gasteiger partial charge in [-0.05, 0) is 34.7 Å². The van der Waals surface area contributed by atoms with Crippen LogP contribution in [0.1, 0.15) is 37.8 Å². The molecular formula is C16H18. The molecule has 0 N–H and O–H groups in total. The molecule has 0 bridgehead atoms. The van der Waals surface area contributed by atoms with Crippen molar-refractivity contribution >= 4 is 16.3 Å². The van der Waals surface area contributed by atoms with E-state index in [1.54, 1.807) is 0 Å². The minimum absolute atomic E-state index is 0.538. The van der Waals surface area contributed by atoms with Crippen molar-refractivity contribution in [2.45, 2.75) is 26.7 Å². The maximum Gasteiger partial charge on any atom is -0.0106 e. The van der Waals surface area contributed by atoms with Crippen molar-refractivity contribution in [1.82, 2.24) is 0 Å². The molecule has 0 unspecified atom stereocenters. The van der Waals surface area contributed by atoms with Gasteiger partial charge in [-0.25, -0.2) is 0 Å². The first-order valence-corrected chi connectivity index (χ1v) is 5.78. The lowest BCUT2D eigenvalue weighted by Crippen LogP contribution is -1.95. The Kier molecular flexibility index (Phi) is 2.82. The van der Waals surface area contributed by atoms with Gasteiger partial charge in [0.05, 0.1) is 0 Å². The highest BCUT2D eigenvalue weighted by atomic mass is 14.1. The molecule has 0 saturated carbocycles. The zero-order chi connectivity index (χ0) is 11.7. The van der Waals surface area contributed by atoms with Gasteiger partial charge in [0.15, 0.2) is 0 Å². The first kappa shape index (κ1) is 10.9. The summed E-state index contributed by atoms with van der Waals surface area (Å²) in [6.07, 6.45) is 0. The molecule has 0 nitrogen and oxygen atoms in total. The smallest absolute Gasteiger partial charge is 0.0106 e. The highest BCUT2D eigenvalue weighted by Gasteiger charge is 2.10. The Balaban J connectivity index is 2.84. The fourth-order valence-electron chi connectivity index (χ4n) is 2.25. The summed E-state index contributed by atoms with van der Waals surface area (Å²) in [7, 11) is 0. The van der Waals surface area contributed by atoms with E-state index in [1.165, 1.54) is 21.9 Å². The van der Waals surface area contributed by atoms with Crippen LogP contribution in [0.15, 0.2) is 43.0 Å². The van der Waals surface area contributed by atoms with Gasteiger partial charge in [-0.3, -0.25) is 0 Å². The molecule has 0 aliphatic heterocycles. The normalized spacial score (nSPS) is 11.0. The van der Waals surface area contributed by atoms with E-state index < -0.39 is 0 Å². The Hall–Kier alpha value is -1.56. The van der Waals surface area contributed by atoms with Gasteiger partial charge in [0.25, 0.3) is 0 Å². The van der Waals surface area contributed by atoms with Crippen LogP contribution in [0.5, 0.6) is 0 Å². The Morgan fingerprint density at radius 3 is 2.38 bits per heavy atom. The van der Waals surface area contributed by atoms with E-state index >= 15 is 0 Å². The minimum Gasteiger partial charge on any atom is -0.0955 e. The molecule has 0 amide bonds. The summed E-state index contributed by atoms with van der Waals surface area (Å²) in [5.74, 6) is 0.538. The molecule has 2 aromatic rings. The quantitative estimate of drug-likeness (QED) is 0.654. The largest absolute Gasteiger partial charge is 0.0955 e. The van der Waals surface area contributed by atoms with Crippen LogP contribution < -0.4 is 0 Å². The maximum atomic E-state index is 4.12. The predicted molar refractivity (Wildman–Crippen MR) is 72.7 cm³/mol. The van der Waals surface area contributed by atoms with Gasteiger partial charge in [-0.15, -0.1) is 0 Å². The second-order valence-electron chi connectivity index (χ2n) is 4.69. The lowest BCUT2D eigenvalue weighted by molar-refractivity contribution is 0.865. The second-order valence-corrected chi connectivity index (χ2v) is 4.69. The number of hydrogen-bond donors (Lipinski definition) is 0. The Labute approximate surface area is 97.6 Å². The van der Waals surface area contributed by atoms with Crippen molar-refractivity contribution in [3.63, 3.8) is 0 Å². The van der Waals surface area contributed by atoms with Gasteiger partial charge in [-0.2, -0.15) is 0 Å². The molecule has 0 fully saturated rings. The molecule has 0 spiro atoms.